The largest absolute Gasteiger partial charge is 0.447 e. The fourth-order valence-electron chi connectivity index (χ4n) is 1.30. The van der Waals surface area contributed by atoms with Crippen molar-refractivity contribution in [3.8, 4) is 0 Å². The number of aromatic nitrogens is 1. The maximum Gasteiger partial charge on any atom is 0.436 e. The Morgan fingerprint density at radius 2 is 2.28 bits per heavy atom. The van der Waals surface area contributed by atoms with E-state index in [0.29, 0.717) is 11.4 Å². The average Bonchev–Trinajstić information content (AvgIpc) is 2.87. The molecule has 0 aromatic carbocycles. The highest BCUT2D eigenvalue weighted by atomic mass is 32.1. The second kappa shape index (κ2) is 4.81. The van der Waals surface area contributed by atoms with Crippen molar-refractivity contribution in [1.29, 1.82) is 0 Å². The van der Waals surface area contributed by atoms with E-state index >= 15 is 0 Å². The van der Waals surface area contributed by atoms with E-state index in [4.69, 9.17) is 0 Å². The molecular weight excluding hydrogens is 269 g/mol. The molecule has 1 amide bonds. The zero-order chi connectivity index (χ0) is 13.2. The molecule has 0 bridgehead atoms. The van der Waals surface area contributed by atoms with Gasteiger partial charge in [0.05, 0.1) is 11.4 Å². The molecule has 96 valence electrons. The van der Waals surface area contributed by atoms with Crippen molar-refractivity contribution in [2.45, 2.75) is 12.6 Å². The highest BCUT2D eigenvalue weighted by molar-refractivity contribution is 7.14. The Kier molecular flexibility index (Phi) is 3.37. The van der Waals surface area contributed by atoms with Gasteiger partial charge in [0.1, 0.15) is 5.76 Å². The first-order chi connectivity index (χ1) is 8.47. The highest BCUT2D eigenvalue weighted by Gasteiger charge is 2.37. The molecule has 2 aromatic heterocycles. The third kappa shape index (κ3) is 2.89. The summed E-state index contributed by atoms with van der Waals surface area (Å²) < 4.78 is 42.0. The van der Waals surface area contributed by atoms with Gasteiger partial charge >= 0.3 is 6.18 Å². The van der Waals surface area contributed by atoms with Crippen molar-refractivity contribution in [2.75, 3.05) is 5.32 Å². The second-order valence-electron chi connectivity index (χ2n) is 3.32. The monoisotopic (exact) mass is 276 g/mol. The molecule has 4 nitrogen and oxygen atoms in total. The van der Waals surface area contributed by atoms with Crippen LogP contribution in [0, 0.1) is 0 Å². The molecule has 0 radical (unpaired) electrons. The van der Waals surface area contributed by atoms with E-state index < -0.39 is 30.0 Å². The van der Waals surface area contributed by atoms with Crippen molar-refractivity contribution >= 4 is 22.2 Å². The number of thiophene rings is 1. The molecule has 0 aliphatic carbocycles. The molecule has 2 aromatic rings. The molecule has 0 unspecified atom stereocenters. The maximum absolute atomic E-state index is 12.5. The lowest BCUT2D eigenvalue weighted by Crippen LogP contribution is -2.16. The number of nitrogens with zero attached hydrogens (tertiary/aromatic N) is 1. The van der Waals surface area contributed by atoms with Crippen molar-refractivity contribution in [3.05, 3.63) is 35.4 Å². The van der Waals surface area contributed by atoms with Crippen molar-refractivity contribution < 1.29 is 22.4 Å². The minimum absolute atomic E-state index is 0.489. The van der Waals surface area contributed by atoms with Gasteiger partial charge in [-0.05, 0) is 17.5 Å². The fourth-order valence-corrected chi connectivity index (χ4v) is 1.94. The third-order valence-electron chi connectivity index (χ3n) is 2.01. The van der Waals surface area contributed by atoms with Gasteiger partial charge in [0.2, 0.25) is 5.91 Å². The predicted octanol–water partition coefficient (Wildman–Crippen LogP) is 2.94. The first-order valence-corrected chi connectivity index (χ1v) is 5.67. The first kappa shape index (κ1) is 12.6. The van der Waals surface area contributed by atoms with Crippen LogP contribution in [0.3, 0.4) is 0 Å². The quantitative estimate of drug-likeness (QED) is 0.937. The standard InChI is InChI=1S/C10H7F3N2O2S/c11-10(12,13)9-6(17-5-14-9)4-7(16)15-8-2-1-3-18-8/h1-3,5H,4H2,(H,15,16). The molecule has 0 saturated heterocycles. The van der Waals surface area contributed by atoms with Gasteiger partial charge < -0.3 is 9.73 Å². The van der Waals surface area contributed by atoms with Crippen LogP contribution in [0.2, 0.25) is 0 Å². The molecule has 0 aliphatic heterocycles. The third-order valence-corrected chi connectivity index (χ3v) is 2.80. The van der Waals surface area contributed by atoms with Crippen LogP contribution in [0.5, 0.6) is 0 Å². The van der Waals surface area contributed by atoms with Crippen LogP contribution in [-0.2, 0) is 17.4 Å². The highest BCUT2D eigenvalue weighted by Crippen LogP contribution is 2.31. The normalized spacial score (nSPS) is 11.5. The number of carbonyl (C=O) groups is 1. The van der Waals surface area contributed by atoms with Gasteiger partial charge in [0.25, 0.3) is 0 Å². The summed E-state index contributed by atoms with van der Waals surface area (Å²) in [4.78, 5) is 14.6. The summed E-state index contributed by atoms with van der Waals surface area (Å²) in [7, 11) is 0. The molecule has 2 rings (SSSR count). The van der Waals surface area contributed by atoms with Gasteiger partial charge in [-0.25, -0.2) is 4.98 Å². The van der Waals surface area contributed by atoms with Crippen LogP contribution < -0.4 is 5.32 Å². The summed E-state index contributed by atoms with van der Waals surface area (Å²) in [5.74, 6) is -1.07. The Morgan fingerprint density at radius 1 is 1.50 bits per heavy atom. The number of oxazole rings is 1. The molecule has 0 atom stereocenters. The summed E-state index contributed by atoms with van der Waals surface area (Å²) >= 11 is 1.27. The summed E-state index contributed by atoms with van der Waals surface area (Å²) in [6.07, 6.45) is -4.45. The van der Waals surface area contributed by atoms with E-state index in [0.717, 1.165) is 0 Å². The van der Waals surface area contributed by atoms with Crippen molar-refractivity contribution in [2.24, 2.45) is 0 Å². The van der Waals surface area contributed by atoms with Gasteiger partial charge in [0, 0.05) is 0 Å². The zero-order valence-electron chi connectivity index (χ0n) is 8.82. The van der Waals surface area contributed by atoms with Crippen LogP contribution in [0.15, 0.2) is 28.3 Å². The molecule has 8 heteroatoms. The summed E-state index contributed by atoms with van der Waals surface area (Å²) in [5, 5.41) is 4.77. The van der Waals surface area contributed by atoms with E-state index in [2.05, 4.69) is 14.7 Å². The van der Waals surface area contributed by atoms with Crippen LogP contribution in [0.4, 0.5) is 18.2 Å². The zero-order valence-corrected chi connectivity index (χ0v) is 9.64. The Balaban J connectivity index is 2.06. The van der Waals surface area contributed by atoms with Crippen LogP contribution in [-0.4, -0.2) is 10.9 Å². The number of rotatable bonds is 3. The predicted molar refractivity (Wildman–Crippen MR) is 58.2 cm³/mol. The average molecular weight is 276 g/mol. The van der Waals surface area contributed by atoms with Crippen molar-refractivity contribution in [3.63, 3.8) is 0 Å². The molecule has 0 saturated carbocycles. The van der Waals surface area contributed by atoms with Gasteiger partial charge in [-0.15, -0.1) is 11.3 Å². The molecule has 0 aliphatic rings. The van der Waals surface area contributed by atoms with Gasteiger partial charge in [-0.1, -0.05) is 0 Å². The fraction of sp³-hybridized carbons (Fsp3) is 0.200. The molecule has 0 spiro atoms. The molecule has 18 heavy (non-hydrogen) atoms. The Morgan fingerprint density at radius 3 is 2.89 bits per heavy atom. The van der Waals surface area contributed by atoms with E-state index in [9.17, 15) is 18.0 Å². The number of carbonyl (C=O) groups excluding carboxylic acids is 1. The van der Waals surface area contributed by atoms with Crippen LogP contribution in [0.25, 0.3) is 0 Å². The summed E-state index contributed by atoms with van der Waals surface area (Å²) in [5.41, 5.74) is -1.16. The maximum atomic E-state index is 12.5. The Labute approximate surface area is 103 Å². The lowest BCUT2D eigenvalue weighted by Gasteiger charge is -2.05. The smallest absolute Gasteiger partial charge is 0.436 e. The minimum Gasteiger partial charge on any atom is -0.447 e. The number of nitrogens with one attached hydrogen (secondary N) is 1. The van der Waals surface area contributed by atoms with E-state index in [1.807, 2.05) is 0 Å². The molecule has 2 heterocycles. The lowest BCUT2D eigenvalue weighted by molar-refractivity contribution is -0.142. The number of amides is 1. The number of anilines is 1. The second-order valence-corrected chi connectivity index (χ2v) is 4.27. The topological polar surface area (TPSA) is 55.1 Å². The number of hydrogen-bond donors (Lipinski definition) is 1. The Bertz CT molecular complexity index is 534. The van der Waals surface area contributed by atoms with Crippen LogP contribution in [0.1, 0.15) is 11.5 Å². The van der Waals surface area contributed by atoms with E-state index in [-0.39, 0.29) is 0 Å². The van der Waals surface area contributed by atoms with Crippen molar-refractivity contribution in [1.82, 2.24) is 4.98 Å². The summed E-state index contributed by atoms with van der Waals surface area (Å²) in [6.45, 7) is 0. The van der Waals surface area contributed by atoms with Gasteiger partial charge in [-0.3, -0.25) is 4.79 Å². The minimum atomic E-state index is -4.62. The van der Waals surface area contributed by atoms with Gasteiger partial charge in [0.15, 0.2) is 12.1 Å². The summed E-state index contributed by atoms with van der Waals surface area (Å²) in [6, 6.07) is 3.36. The van der Waals surface area contributed by atoms with E-state index in [1.165, 1.54) is 11.3 Å². The van der Waals surface area contributed by atoms with E-state index in [1.54, 1.807) is 17.5 Å². The SMILES string of the molecule is O=C(Cc1ocnc1C(F)(F)F)Nc1cccs1. The van der Waals surface area contributed by atoms with Crippen LogP contribution >= 0.6 is 11.3 Å². The first-order valence-electron chi connectivity index (χ1n) is 4.79. The lowest BCUT2D eigenvalue weighted by atomic mass is 10.2. The number of hydrogen-bond acceptors (Lipinski definition) is 4. The molecule has 0 fully saturated rings. The molecular formula is C10H7F3N2O2S. The Hall–Kier alpha value is -1.83. The number of alkyl halides is 3. The number of halogens is 3. The molecule has 1 N–H and O–H groups in total. The van der Waals surface area contributed by atoms with Gasteiger partial charge in [-0.2, -0.15) is 13.2 Å².